The SMILES string of the molecule is COc1cn(-c2ccccc2)nc1C(=O)NCC(N)C1CC1.Cl. The highest BCUT2D eigenvalue weighted by Gasteiger charge is 2.29. The molecule has 0 aliphatic heterocycles. The van der Waals surface area contributed by atoms with E-state index in [1.807, 2.05) is 30.3 Å². The number of aromatic nitrogens is 2. The number of nitrogens with one attached hydrogen (secondary N) is 1. The van der Waals surface area contributed by atoms with Crippen LogP contribution in [0.3, 0.4) is 0 Å². The average Bonchev–Trinajstić information content (AvgIpc) is 3.32. The lowest BCUT2D eigenvalue weighted by atomic mass is 10.2. The number of ether oxygens (including phenoxy) is 1. The zero-order valence-electron chi connectivity index (χ0n) is 12.9. The highest BCUT2D eigenvalue weighted by molar-refractivity contribution is 5.95. The first-order valence-electron chi connectivity index (χ1n) is 7.42. The minimum Gasteiger partial charge on any atom is -0.493 e. The predicted molar refractivity (Wildman–Crippen MR) is 90.4 cm³/mol. The maximum atomic E-state index is 12.3. The quantitative estimate of drug-likeness (QED) is 0.842. The summed E-state index contributed by atoms with van der Waals surface area (Å²) in [7, 11) is 1.53. The van der Waals surface area contributed by atoms with Crippen molar-refractivity contribution in [3.63, 3.8) is 0 Å². The van der Waals surface area contributed by atoms with E-state index in [0.717, 1.165) is 18.5 Å². The van der Waals surface area contributed by atoms with E-state index in [2.05, 4.69) is 10.4 Å². The van der Waals surface area contributed by atoms with Crippen LogP contribution in [-0.4, -0.2) is 35.4 Å². The van der Waals surface area contributed by atoms with Crippen molar-refractivity contribution in [2.24, 2.45) is 11.7 Å². The van der Waals surface area contributed by atoms with Gasteiger partial charge in [0.2, 0.25) is 0 Å². The Kier molecular flexibility index (Phi) is 5.63. The van der Waals surface area contributed by atoms with Gasteiger partial charge in [-0.15, -0.1) is 12.4 Å². The van der Waals surface area contributed by atoms with Crippen LogP contribution >= 0.6 is 12.4 Å². The first-order valence-corrected chi connectivity index (χ1v) is 7.42. The predicted octanol–water partition coefficient (Wildman–Crippen LogP) is 1.77. The third-order valence-corrected chi connectivity index (χ3v) is 3.86. The summed E-state index contributed by atoms with van der Waals surface area (Å²) in [6, 6.07) is 9.60. The number of nitrogens with two attached hydrogens (primary N) is 1. The largest absolute Gasteiger partial charge is 0.493 e. The molecule has 1 unspecified atom stereocenters. The fourth-order valence-corrected chi connectivity index (χ4v) is 2.36. The van der Waals surface area contributed by atoms with Crippen molar-refractivity contribution in [2.45, 2.75) is 18.9 Å². The number of para-hydroxylation sites is 1. The minimum absolute atomic E-state index is 0. The van der Waals surface area contributed by atoms with E-state index in [1.165, 1.54) is 7.11 Å². The van der Waals surface area contributed by atoms with Gasteiger partial charge in [0.05, 0.1) is 19.0 Å². The van der Waals surface area contributed by atoms with Gasteiger partial charge < -0.3 is 15.8 Å². The Morgan fingerprint density at radius 2 is 2.13 bits per heavy atom. The minimum atomic E-state index is -0.261. The Morgan fingerprint density at radius 1 is 1.43 bits per heavy atom. The smallest absolute Gasteiger partial charge is 0.275 e. The summed E-state index contributed by atoms with van der Waals surface area (Å²) in [6.07, 6.45) is 4.01. The molecular formula is C16H21ClN4O2. The molecule has 0 spiro atoms. The summed E-state index contributed by atoms with van der Waals surface area (Å²) in [4.78, 5) is 12.3. The molecule has 7 heteroatoms. The van der Waals surface area contributed by atoms with Crippen molar-refractivity contribution >= 4 is 18.3 Å². The molecule has 1 atom stereocenters. The highest BCUT2D eigenvalue weighted by atomic mass is 35.5. The summed E-state index contributed by atoms with van der Waals surface area (Å²) in [6.45, 7) is 0.463. The standard InChI is InChI=1S/C16H20N4O2.ClH/c1-22-14-10-20(12-5-3-2-4-6-12)19-15(14)16(21)18-9-13(17)11-7-8-11;/h2-6,10-11,13H,7-9,17H2,1H3,(H,18,21);1H. The van der Waals surface area contributed by atoms with Crippen LogP contribution in [-0.2, 0) is 0 Å². The van der Waals surface area contributed by atoms with Crippen LogP contribution in [0.5, 0.6) is 5.75 Å². The number of benzene rings is 1. The van der Waals surface area contributed by atoms with E-state index in [4.69, 9.17) is 10.5 Å². The van der Waals surface area contributed by atoms with Crippen molar-refractivity contribution in [2.75, 3.05) is 13.7 Å². The third-order valence-electron chi connectivity index (χ3n) is 3.86. The molecule has 6 nitrogen and oxygen atoms in total. The molecule has 3 N–H and O–H groups in total. The van der Waals surface area contributed by atoms with Crippen molar-refractivity contribution in [3.8, 4) is 11.4 Å². The first kappa shape index (κ1) is 17.3. The first-order chi connectivity index (χ1) is 10.7. The molecule has 1 aliphatic carbocycles. The molecule has 0 saturated heterocycles. The zero-order chi connectivity index (χ0) is 15.5. The molecule has 3 rings (SSSR count). The molecule has 1 saturated carbocycles. The maximum Gasteiger partial charge on any atom is 0.275 e. The lowest BCUT2D eigenvalue weighted by Gasteiger charge is -2.10. The average molecular weight is 337 g/mol. The van der Waals surface area contributed by atoms with Gasteiger partial charge >= 0.3 is 0 Å². The van der Waals surface area contributed by atoms with Crippen LogP contribution < -0.4 is 15.8 Å². The van der Waals surface area contributed by atoms with E-state index in [0.29, 0.717) is 18.2 Å². The van der Waals surface area contributed by atoms with Gasteiger partial charge in [0.15, 0.2) is 11.4 Å². The van der Waals surface area contributed by atoms with Gasteiger partial charge in [-0.2, -0.15) is 5.10 Å². The lowest BCUT2D eigenvalue weighted by Crippen LogP contribution is -2.38. The van der Waals surface area contributed by atoms with E-state index < -0.39 is 0 Å². The second-order valence-electron chi connectivity index (χ2n) is 5.54. The monoisotopic (exact) mass is 336 g/mol. The van der Waals surface area contributed by atoms with Crippen molar-refractivity contribution in [1.82, 2.24) is 15.1 Å². The van der Waals surface area contributed by atoms with Gasteiger partial charge in [0, 0.05) is 12.6 Å². The van der Waals surface area contributed by atoms with Crippen LogP contribution in [0.2, 0.25) is 0 Å². The number of methoxy groups -OCH3 is 1. The second kappa shape index (κ2) is 7.48. The van der Waals surface area contributed by atoms with Crippen molar-refractivity contribution in [1.29, 1.82) is 0 Å². The zero-order valence-corrected chi connectivity index (χ0v) is 13.8. The Bertz CT molecular complexity index is 655. The Hall–Kier alpha value is -2.05. The topological polar surface area (TPSA) is 82.2 Å². The van der Waals surface area contributed by atoms with Gasteiger partial charge in [0.25, 0.3) is 5.91 Å². The highest BCUT2D eigenvalue weighted by Crippen LogP contribution is 2.31. The molecule has 1 fully saturated rings. The van der Waals surface area contributed by atoms with E-state index in [9.17, 15) is 4.79 Å². The number of rotatable bonds is 6. The Morgan fingerprint density at radius 3 is 2.74 bits per heavy atom. The van der Waals surface area contributed by atoms with Crippen LogP contribution in [0.1, 0.15) is 23.3 Å². The maximum absolute atomic E-state index is 12.3. The summed E-state index contributed by atoms with van der Waals surface area (Å²) in [5.41, 5.74) is 7.14. The number of amides is 1. The molecule has 2 aromatic rings. The molecule has 1 heterocycles. The number of nitrogens with zero attached hydrogens (tertiary/aromatic N) is 2. The second-order valence-corrected chi connectivity index (χ2v) is 5.54. The van der Waals surface area contributed by atoms with E-state index >= 15 is 0 Å². The summed E-state index contributed by atoms with van der Waals surface area (Å²) in [5, 5.41) is 7.17. The van der Waals surface area contributed by atoms with Crippen LogP contribution in [0.4, 0.5) is 0 Å². The number of halogens is 1. The van der Waals surface area contributed by atoms with Gasteiger partial charge in [-0.05, 0) is 30.9 Å². The summed E-state index contributed by atoms with van der Waals surface area (Å²) >= 11 is 0. The van der Waals surface area contributed by atoms with Gasteiger partial charge in [-0.3, -0.25) is 4.79 Å². The van der Waals surface area contributed by atoms with Crippen LogP contribution in [0.15, 0.2) is 36.5 Å². The number of carbonyl (C=O) groups excluding carboxylic acids is 1. The summed E-state index contributed by atoms with van der Waals surface area (Å²) in [5.74, 6) is 0.730. The molecule has 1 aliphatic rings. The molecule has 0 radical (unpaired) electrons. The molecule has 1 aromatic heterocycles. The van der Waals surface area contributed by atoms with Crippen molar-refractivity contribution < 1.29 is 9.53 Å². The Labute approximate surface area is 141 Å². The molecule has 0 bridgehead atoms. The Balaban J connectivity index is 0.00000192. The van der Waals surface area contributed by atoms with Gasteiger partial charge in [-0.25, -0.2) is 4.68 Å². The van der Waals surface area contributed by atoms with Crippen LogP contribution in [0, 0.1) is 5.92 Å². The number of hydrogen-bond donors (Lipinski definition) is 2. The molecule has 1 aromatic carbocycles. The van der Waals surface area contributed by atoms with Crippen LogP contribution in [0.25, 0.3) is 5.69 Å². The third kappa shape index (κ3) is 4.03. The fraction of sp³-hybridized carbons (Fsp3) is 0.375. The number of hydrogen-bond acceptors (Lipinski definition) is 4. The molecule has 124 valence electrons. The molecule has 1 amide bonds. The van der Waals surface area contributed by atoms with Gasteiger partial charge in [0.1, 0.15) is 0 Å². The molecule has 23 heavy (non-hydrogen) atoms. The van der Waals surface area contributed by atoms with Crippen molar-refractivity contribution in [3.05, 3.63) is 42.2 Å². The van der Waals surface area contributed by atoms with E-state index in [-0.39, 0.29) is 30.0 Å². The fourth-order valence-electron chi connectivity index (χ4n) is 2.36. The van der Waals surface area contributed by atoms with Gasteiger partial charge in [-0.1, -0.05) is 18.2 Å². The molecular weight excluding hydrogens is 316 g/mol. The number of carbonyl (C=O) groups is 1. The van der Waals surface area contributed by atoms with E-state index in [1.54, 1.807) is 10.9 Å². The summed E-state index contributed by atoms with van der Waals surface area (Å²) < 4.78 is 6.89. The lowest BCUT2D eigenvalue weighted by molar-refractivity contribution is 0.0942. The normalized spacial score (nSPS) is 14.7.